The molecule has 1 amide bonds. The second kappa shape index (κ2) is 4.14. The van der Waals surface area contributed by atoms with E-state index in [0.29, 0.717) is 5.92 Å². The zero-order valence-electron chi connectivity index (χ0n) is 8.40. The molecule has 1 aromatic rings. The summed E-state index contributed by atoms with van der Waals surface area (Å²) in [6.45, 7) is 2.01. The number of hydrogen-bond acceptors (Lipinski definition) is 3. The highest BCUT2D eigenvalue weighted by Crippen LogP contribution is 2.32. The van der Waals surface area contributed by atoms with Gasteiger partial charge in [0.15, 0.2) is 0 Å². The molecule has 0 saturated heterocycles. The van der Waals surface area contributed by atoms with E-state index in [1.807, 2.05) is 6.92 Å². The molecule has 2 rings (SSSR count). The lowest BCUT2D eigenvalue weighted by Gasteiger charge is -2.11. The van der Waals surface area contributed by atoms with Crippen LogP contribution in [0, 0.1) is 5.92 Å². The molecule has 80 valence electrons. The molecule has 0 bridgehead atoms. The monoisotopic (exact) mass is 225 g/mol. The molecule has 0 spiro atoms. The lowest BCUT2D eigenvalue weighted by Crippen LogP contribution is -2.34. The number of carbonyl (C=O) groups excluding carboxylic acids is 1. The third kappa shape index (κ3) is 2.65. The van der Waals surface area contributed by atoms with Crippen LogP contribution >= 0.6 is 11.6 Å². The minimum absolute atomic E-state index is 0.204. The van der Waals surface area contributed by atoms with E-state index in [0.717, 1.165) is 0 Å². The Labute approximate surface area is 93.1 Å². The fourth-order valence-corrected chi connectivity index (χ4v) is 1.59. The standard InChI is InChI=1S/C10H12ClN3O/c1-6(7-2-3-7)13-10(15)8-4-12-5-9(11)14-8/h4-7H,2-3H2,1H3,(H,13,15). The van der Waals surface area contributed by atoms with Crippen molar-refractivity contribution in [1.82, 2.24) is 15.3 Å². The lowest BCUT2D eigenvalue weighted by molar-refractivity contribution is 0.0930. The smallest absolute Gasteiger partial charge is 0.271 e. The van der Waals surface area contributed by atoms with E-state index in [1.165, 1.54) is 25.2 Å². The van der Waals surface area contributed by atoms with Gasteiger partial charge in [0.05, 0.1) is 12.4 Å². The fraction of sp³-hybridized carbons (Fsp3) is 0.500. The van der Waals surface area contributed by atoms with Crippen molar-refractivity contribution in [3.05, 3.63) is 23.2 Å². The SMILES string of the molecule is CC(NC(=O)c1cncc(Cl)n1)C1CC1. The van der Waals surface area contributed by atoms with Gasteiger partial charge in [0.25, 0.3) is 5.91 Å². The largest absolute Gasteiger partial charge is 0.348 e. The first-order valence-corrected chi connectivity index (χ1v) is 5.33. The van der Waals surface area contributed by atoms with Crippen molar-refractivity contribution >= 4 is 17.5 Å². The predicted octanol–water partition coefficient (Wildman–Crippen LogP) is 1.66. The average Bonchev–Trinajstić information content (AvgIpc) is 3.00. The van der Waals surface area contributed by atoms with Crippen LogP contribution in [0.3, 0.4) is 0 Å². The molecule has 1 aromatic heterocycles. The fourth-order valence-electron chi connectivity index (χ4n) is 1.45. The molecule has 1 saturated carbocycles. The minimum atomic E-state index is -0.204. The number of aromatic nitrogens is 2. The molecule has 0 aliphatic heterocycles. The van der Waals surface area contributed by atoms with Crippen LogP contribution in [0.15, 0.2) is 12.4 Å². The molecule has 0 radical (unpaired) electrons. The van der Waals surface area contributed by atoms with Gasteiger partial charge in [-0.1, -0.05) is 11.6 Å². The first-order chi connectivity index (χ1) is 7.16. The number of nitrogens with one attached hydrogen (secondary N) is 1. The topological polar surface area (TPSA) is 54.9 Å². The zero-order chi connectivity index (χ0) is 10.8. The molecule has 1 fully saturated rings. The van der Waals surface area contributed by atoms with Gasteiger partial charge in [-0.3, -0.25) is 9.78 Å². The molecule has 1 aliphatic carbocycles. The Balaban J connectivity index is 2.00. The number of rotatable bonds is 3. The first kappa shape index (κ1) is 10.4. The Hall–Kier alpha value is -1.16. The van der Waals surface area contributed by atoms with Crippen LogP contribution in [0.2, 0.25) is 5.15 Å². The number of nitrogens with zero attached hydrogens (tertiary/aromatic N) is 2. The van der Waals surface area contributed by atoms with Gasteiger partial charge in [-0.05, 0) is 25.7 Å². The summed E-state index contributed by atoms with van der Waals surface area (Å²) in [5.41, 5.74) is 0.273. The highest BCUT2D eigenvalue weighted by Gasteiger charge is 2.29. The molecule has 1 unspecified atom stereocenters. The van der Waals surface area contributed by atoms with Crippen LogP contribution in [0.5, 0.6) is 0 Å². The van der Waals surface area contributed by atoms with E-state index in [2.05, 4.69) is 15.3 Å². The lowest BCUT2D eigenvalue weighted by atomic mass is 10.2. The summed E-state index contributed by atoms with van der Waals surface area (Å²) in [5, 5.41) is 3.12. The number of hydrogen-bond donors (Lipinski definition) is 1. The van der Waals surface area contributed by atoms with E-state index in [9.17, 15) is 4.79 Å². The zero-order valence-corrected chi connectivity index (χ0v) is 9.16. The summed E-state index contributed by atoms with van der Waals surface area (Å²) >= 11 is 5.65. The number of amides is 1. The summed E-state index contributed by atoms with van der Waals surface area (Å²) in [4.78, 5) is 19.4. The van der Waals surface area contributed by atoms with Gasteiger partial charge in [0, 0.05) is 6.04 Å². The summed E-state index contributed by atoms with van der Waals surface area (Å²) in [6, 6.07) is 0.207. The van der Waals surface area contributed by atoms with E-state index < -0.39 is 0 Å². The Morgan fingerprint density at radius 2 is 2.33 bits per heavy atom. The van der Waals surface area contributed by atoms with E-state index in [-0.39, 0.29) is 22.8 Å². The van der Waals surface area contributed by atoms with Crippen molar-refractivity contribution in [2.45, 2.75) is 25.8 Å². The van der Waals surface area contributed by atoms with Crippen LogP contribution in [0.4, 0.5) is 0 Å². The van der Waals surface area contributed by atoms with E-state index in [4.69, 9.17) is 11.6 Å². The third-order valence-corrected chi connectivity index (χ3v) is 2.71. The van der Waals surface area contributed by atoms with Crippen molar-refractivity contribution in [2.75, 3.05) is 0 Å². The third-order valence-electron chi connectivity index (χ3n) is 2.53. The van der Waals surface area contributed by atoms with Gasteiger partial charge in [-0.25, -0.2) is 4.98 Å². The molecule has 1 heterocycles. The van der Waals surface area contributed by atoms with E-state index in [1.54, 1.807) is 0 Å². The molecule has 1 aliphatic rings. The Kier molecular flexibility index (Phi) is 2.86. The second-order valence-corrected chi connectivity index (χ2v) is 4.21. The predicted molar refractivity (Wildman–Crippen MR) is 56.7 cm³/mol. The molecule has 15 heavy (non-hydrogen) atoms. The van der Waals surface area contributed by atoms with Gasteiger partial charge in [-0.15, -0.1) is 0 Å². The van der Waals surface area contributed by atoms with Crippen molar-refractivity contribution < 1.29 is 4.79 Å². The van der Waals surface area contributed by atoms with Gasteiger partial charge >= 0.3 is 0 Å². The quantitative estimate of drug-likeness (QED) is 0.851. The summed E-state index contributed by atoms with van der Waals surface area (Å²) in [6.07, 6.45) is 5.22. The first-order valence-electron chi connectivity index (χ1n) is 4.95. The normalized spacial score (nSPS) is 17.2. The van der Waals surface area contributed by atoms with Crippen LogP contribution < -0.4 is 5.32 Å². The van der Waals surface area contributed by atoms with Crippen molar-refractivity contribution in [1.29, 1.82) is 0 Å². The molecular weight excluding hydrogens is 214 g/mol. The van der Waals surface area contributed by atoms with Crippen LogP contribution in [-0.2, 0) is 0 Å². The molecule has 0 aromatic carbocycles. The van der Waals surface area contributed by atoms with Gasteiger partial charge in [0.1, 0.15) is 10.8 Å². The molecule has 1 N–H and O–H groups in total. The second-order valence-electron chi connectivity index (χ2n) is 3.83. The Morgan fingerprint density at radius 1 is 1.60 bits per heavy atom. The Bertz CT molecular complexity index is 379. The maximum Gasteiger partial charge on any atom is 0.271 e. The van der Waals surface area contributed by atoms with Gasteiger partial charge in [0.2, 0.25) is 0 Å². The Morgan fingerprint density at radius 3 is 2.93 bits per heavy atom. The summed E-state index contributed by atoms with van der Waals surface area (Å²) in [5.74, 6) is 0.422. The number of halogens is 1. The van der Waals surface area contributed by atoms with Gasteiger partial charge < -0.3 is 5.32 Å². The van der Waals surface area contributed by atoms with Crippen molar-refractivity contribution in [2.24, 2.45) is 5.92 Å². The minimum Gasteiger partial charge on any atom is -0.348 e. The summed E-state index contributed by atoms with van der Waals surface area (Å²) < 4.78 is 0. The average molecular weight is 226 g/mol. The van der Waals surface area contributed by atoms with Crippen LogP contribution in [0.25, 0.3) is 0 Å². The maximum atomic E-state index is 11.7. The van der Waals surface area contributed by atoms with Crippen molar-refractivity contribution in [3.8, 4) is 0 Å². The molecule has 1 atom stereocenters. The number of carbonyl (C=O) groups is 1. The van der Waals surface area contributed by atoms with Gasteiger partial charge in [-0.2, -0.15) is 0 Å². The van der Waals surface area contributed by atoms with Crippen molar-refractivity contribution in [3.63, 3.8) is 0 Å². The van der Waals surface area contributed by atoms with Crippen LogP contribution in [-0.4, -0.2) is 21.9 Å². The molecule has 5 heteroatoms. The van der Waals surface area contributed by atoms with Crippen LogP contribution in [0.1, 0.15) is 30.3 Å². The highest BCUT2D eigenvalue weighted by molar-refractivity contribution is 6.29. The maximum absolute atomic E-state index is 11.7. The summed E-state index contributed by atoms with van der Waals surface area (Å²) in [7, 11) is 0. The highest BCUT2D eigenvalue weighted by atomic mass is 35.5. The van der Waals surface area contributed by atoms with E-state index >= 15 is 0 Å². The molecular formula is C10H12ClN3O. The molecule has 4 nitrogen and oxygen atoms in total.